The largest absolute Gasteiger partial charge is 0.496 e. The molecule has 1 fully saturated rings. The minimum atomic E-state index is -1.11. The Hall–Kier alpha value is -3.13. The maximum absolute atomic E-state index is 12.4. The van der Waals surface area contributed by atoms with Gasteiger partial charge in [-0.3, -0.25) is 4.79 Å². The molecule has 1 atom stereocenters. The van der Waals surface area contributed by atoms with Crippen molar-refractivity contribution in [1.82, 2.24) is 4.98 Å². The number of benzene rings is 1. The van der Waals surface area contributed by atoms with Crippen molar-refractivity contribution in [2.45, 2.75) is 12.5 Å². The van der Waals surface area contributed by atoms with Crippen LogP contribution in [0.15, 0.2) is 36.5 Å². The molecule has 0 spiro atoms. The van der Waals surface area contributed by atoms with E-state index >= 15 is 0 Å². The molecule has 1 aromatic carbocycles. The van der Waals surface area contributed by atoms with Gasteiger partial charge in [-0.25, -0.2) is 9.78 Å². The molecule has 1 saturated heterocycles. The number of anilines is 1. The lowest BCUT2D eigenvalue weighted by Crippen LogP contribution is -2.17. The van der Waals surface area contributed by atoms with Crippen LogP contribution < -0.4 is 14.8 Å². The van der Waals surface area contributed by atoms with Crippen molar-refractivity contribution in [3.05, 3.63) is 47.7 Å². The quantitative estimate of drug-likeness (QED) is 0.815. The number of aromatic nitrogens is 1. The van der Waals surface area contributed by atoms with Crippen molar-refractivity contribution >= 4 is 17.6 Å². The molecule has 2 aromatic rings. The first kappa shape index (κ1) is 17.7. The number of amides is 1. The zero-order chi connectivity index (χ0) is 18.5. The third kappa shape index (κ3) is 4.09. The molecule has 1 aliphatic rings. The summed E-state index contributed by atoms with van der Waals surface area (Å²) in [5.74, 6) is -0.959. The highest BCUT2D eigenvalue weighted by Crippen LogP contribution is 2.24. The van der Waals surface area contributed by atoms with Gasteiger partial charge in [0, 0.05) is 36.0 Å². The zero-order valence-electron chi connectivity index (χ0n) is 14.1. The number of aromatic carboxylic acids is 1. The van der Waals surface area contributed by atoms with Crippen molar-refractivity contribution in [2.24, 2.45) is 0 Å². The van der Waals surface area contributed by atoms with Gasteiger partial charge in [-0.05, 0) is 18.2 Å². The maximum Gasteiger partial charge on any atom is 0.339 e. The first-order valence-corrected chi connectivity index (χ1v) is 8.00. The van der Waals surface area contributed by atoms with E-state index in [4.69, 9.17) is 19.3 Å². The van der Waals surface area contributed by atoms with Crippen LogP contribution >= 0.6 is 0 Å². The zero-order valence-corrected chi connectivity index (χ0v) is 14.1. The minimum Gasteiger partial charge on any atom is -0.496 e. The fourth-order valence-electron chi connectivity index (χ4n) is 2.54. The molecule has 8 heteroatoms. The number of carbonyl (C=O) groups is 2. The number of hydrogen-bond donors (Lipinski definition) is 2. The average molecular weight is 358 g/mol. The highest BCUT2D eigenvalue weighted by atomic mass is 16.5. The van der Waals surface area contributed by atoms with Crippen molar-refractivity contribution in [1.29, 1.82) is 0 Å². The fourth-order valence-corrected chi connectivity index (χ4v) is 2.54. The summed E-state index contributed by atoms with van der Waals surface area (Å²) < 4.78 is 16.0. The van der Waals surface area contributed by atoms with Gasteiger partial charge in [0.05, 0.1) is 20.3 Å². The summed E-state index contributed by atoms with van der Waals surface area (Å²) in [4.78, 5) is 27.7. The third-order valence-electron chi connectivity index (χ3n) is 3.86. The molecule has 2 N–H and O–H groups in total. The summed E-state index contributed by atoms with van der Waals surface area (Å²) >= 11 is 0. The molecule has 1 aliphatic heterocycles. The molecule has 0 bridgehead atoms. The van der Waals surface area contributed by atoms with E-state index in [1.54, 1.807) is 12.1 Å². The van der Waals surface area contributed by atoms with Crippen LogP contribution in [-0.2, 0) is 4.74 Å². The van der Waals surface area contributed by atoms with Gasteiger partial charge in [0.2, 0.25) is 5.88 Å². The third-order valence-corrected chi connectivity index (χ3v) is 3.86. The normalized spacial score (nSPS) is 16.1. The van der Waals surface area contributed by atoms with Gasteiger partial charge in [0.25, 0.3) is 5.91 Å². The predicted molar refractivity (Wildman–Crippen MR) is 92.0 cm³/mol. The number of carbonyl (C=O) groups excluding carboxylic acids is 1. The van der Waals surface area contributed by atoms with Gasteiger partial charge in [-0.15, -0.1) is 0 Å². The number of ether oxygens (including phenoxy) is 3. The second kappa shape index (κ2) is 7.83. The average Bonchev–Trinajstić information content (AvgIpc) is 3.14. The smallest absolute Gasteiger partial charge is 0.339 e. The lowest BCUT2D eigenvalue weighted by Gasteiger charge is -2.12. The Morgan fingerprint density at radius 2 is 2.15 bits per heavy atom. The van der Waals surface area contributed by atoms with Crippen molar-refractivity contribution in [3.63, 3.8) is 0 Å². The summed E-state index contributed by atoms with van der Waals surface area (Å²) in [5.41, 5.74) is 0.805. The van der Waals surface area contributed by atoms with E-state index in [0.717, 1.165) is 6.42 Å². The van der Waals surface area contributed by atoms with Crippen LogP contribution in [0.5, 0.6) is 11.6 Å². The SMILES string of the molecule is COc1cc(NC(=O)c2ccnc(OC3CCOC3)c2)ccc1C(=O)O. The topological polar surface area (TPSA) is 107 Å². The first-order valence-electron chi connectivity index (χ1n) is 8.00. The molecule has 1 aromatic heterocycles. The van der Waals surface area contributed by atoms with E-state index in [9.17, 15) is 9.59 Å². The Balaban J connectivity index is 1.72. The molecule has 2 heterocycles. The molecule has 1 amide bonds. The van der Waals surface area contributed by atoms with E-state index in [0.29, 0.717) is 30.3 Å². The number of methoxy groups -OCH3 is 1. The Morgan fingerprint density at radius 3 is 2.85 bits per heavy atom. The summed E-state index contributed by atoms with van der Waals surface area (Å²) in [7, 11) is 1.37. The molecular formula is C18H18N2O6. The Labute approximate surface area is 149 Å². The van der Waals surface area contributed by atoms with Crippen LogP contribution in [-0.4, -0.2) is 48.4 Å². The van der Waals surface area contributed by atoms with E-state index in [1.807, 2.05) is 0 Å². The second-order valence-corrected chi connectivity index (χ2v) is 5.66. The lowest BCUT2D eigenvalue weighted by molar-refractivity contribution is 0.0693. The lowest BCUT2D eigenvalue weighted by atomic mass is 10.1. The fraction of sp³-hybridized carbons (Fsp3) is 0.278. The second-order valence-electron chi connectivity index (χ2n) is 5.66. The van der Waals surface area contributed by atoms with Crippen molar-refractivity contribution in [3.8, 4) is 11.6 Å². The molecule has 8 nitrogen and oxygen atoms in total. The standard InChI is InChI=1S/C18H18N2O6/c1-24-15-9-12(2-3-14(15)18(22)23)20-17(21)11-4-6-19-16(8-11)26-13-5-7-25-10-13/h2-4,6,8-9,13H,5,7,10H2,1H3,(H,20,21)(H,22,23). The Kier molecular flexibility index (Phi) is 5.33. The van der Waals surface area contributed by atoms with Crippen LogP contribution in [0.2, 0.25) is 0 Å². The number of carboxylic acids is 1. The van der Waals surface area contributed by atoms with Gasteiger partial charge >= 0.3 is 5.97 Å². The molecule has 1 unspecified atom stereocenters. The van der Waals surface area contributed by atoms with Crippen molar-refractivity contribution in [2.75, 3.05) is 25.6 Å². The molecular weight excluding hydrogens is 340 g/mol. The molecule has 0 radical (unpaired) electrons. The molecule has 0 aliphatic carbocycles. The summed E-state index contributed by atoms with van der Waals surface area (Å²) in [6.07, 6.45) is 2.22. The molecule has 136 valence electrons. The van der Waals surface area contributed by atoms with Gasteiger partial charge in [0.15, 0.2) is 0 Å². The summed E-state index contributed by atoms with van der Waals surface area (Å²) in [6, 6.07) is 7.44. The number of hydrogen-bond acceptors (Lipinski definition) is 6. The Bertz CT molecular complexity index is 817. The predicted octanol–water partition coefficient (Wildman–Crippen LogP) is 2.21. The number of nitrogens with one attached hydrogen (secondary N) is 1. The summed E-state index contributed by atoms with van der Waals surface area (Å²) in [6.45, 7) is 1.16. The Morgan fingerprint density at radius 1 is 1.31 bits per heavy atom. The van der Waals surface area contributed by atoms with Crippen LogP contribution in [0.1, 0.15) is 27.1 Å². The van der Waals surface area contributed by atoms with E-state index in [-0.39, 0.29) is 23.3 Å². The van der Waals surface area contributed by atoms with Crippen LogP contribution in [0, 0.1) is 0 Å². The summed E-state index contributed by atoms with van der Waals surface area (Å²) in [5, 5.41) is 11.8. The maximum atomic E-state index is 12.4. The van der Waals surface area contributed by atoms with Crippen LogP contribution in [0.25, 0.3) is 0 Å². The molecule has 0 saturated carbocycles. The van der Waals surface area contributed by atoms with Gasteiger partial charge in [-0.1, -0.05) is 0 Å². The van der Waals surface area contributed by atoms with Gasteiger partial charge < -0.3 is 24.6 Å². The highest BCUT2D eigenvalue weighted by Gasteiger charge is 2.19. The number of rotatable bonds is 6. The number of carboxylic acid groups (broad SMARTS) is 1. The number of pyridine rings is 1. The van der Waals surface area contributed by atoms with Crippen LogP contribution in [0.3, 0.4) is 0 Å². The van der Waals surface area contributed by atoms with Gasteiger partial charge in [0.1, 0.15) is 17.4 Å². The van der Waals surface area contributed by atoms with E-state index < -0.39 is 5.97 Å². The van der Waals surface area contributed by atoms with E-state index in [1.165, 1.54) is 31.5 Å². The minimum absolute atomic E-state index is 0.0175. The van der Waals surface area contributed by atoms with Crippen LogP contribution in [0.4, 0.5) is 5.69 Å². The first-order chi connectivity index (χ1) is 12.6. The molecule has 3 rings (SSSR count). The monoisotopic (exact) mass is 358 g/mol. The van der Waals surface area contributed by atoms with E-state index in [2.05, 4.69) is 10.3 Å². The van der Waals surface area contributed by atoms with Crippen molar-refractivity contribution < 1.29 is 28.9 Å². The van der Waals surface area contributed by atoms with Gasteiger partial charge in [-0.2, -0.15) is 0 Å². The highest BCUT2D eigenvalue weighted by molar-refractivity contribution is 6.04. The number of nitrogens with zero attached hydrogens (tertiary/aromatic N) is 1. The molecule has 26 heavy (non-hydrogen) atoms.